The van der Waals surface area contributed by atoms with Gasteiger partial charge in [-0.15, -0.1) is 0 Å². The summed E-state index contributed by atoms with van der Waals surface area (Å²) in [7, 11) is 1.61. The van der Waals surface area contributed by atoms with Crippen LogP contribution in [-0.2, 0) is 7.05 Å². The number of pyridine rings is 1. The van der Waals surface area contributed by atoms with E-state index >= 15 is 0 Å². The van der Waals surface area contributed by atoms with Crippen molar-refractivity contribution in [1.29, 1.82) is 0 Å². The van der Waals surface area contributed by atoms with Crippen molar-refractivity contribution in [2.45, 2.75) is 0 Å². The van der Waals surface area contributed by atoms with Crippen molar-refractivity contribution in [1.82, 2.24) is 14.5 Å². The van der Waals surface area contributed by atoms with Crippen molar-refractivity contribution < 1.29 is 9.90 Å². The molecule has 2 rings (SSSR count). The van der Waals surface area contributed by atoms with E-state index in [2.05, 4.69) is 9.97 Å². The molecule has 0 aromatic carbocycles. The quantitative estimate of drug-likeness (QED) is 0.865. The molecule has 0 saturated carbocycles. The van der Waals surface area contributed by atoms with Crippen LogP contribution in [0.3, 0.4) is 0 Å². The van der Waals surface area contributed by atoms with E-state index in [4.69, 9.17) is 16.7 Å². The minimum atomic E-state index is -1.10. The summed E-state index contributed by atoms with van der Waals surface area (Å²) < 4.78 is 1.44. The number of halogens is 1. The number of aromatic nitrogens is 3. The number of carboxylic acid groups (broad SMARTS) is 1. The van der Waals surface area contributed by atoms with Crippen LogP contribution in [-0.4, -0.2) is 25.6 Å². The maximum absolute atomic E-state index is 10.9. The van der Waals surface area contributed by atoms with Crippen LogP contribution in [0.4, 0.5) is 0 Å². The Hall–Kier alpha value is -1.88. The first-order valence-corrected chi connectivity index (χ1v) is 4.85. The molecule has 0 saturated heterocycles. The smallest absolute Gasteiger partial charge is 0.355 e. The highest BCUT2D eigenvalue weighted by atomic mass is 35.5. The molecule has 2 aromatic heterocycles. The summed E-state index contributed by atoms with van der Waals surface area (Å²) in [5.41, 5.74) is 0.750. The lowest BCUT2D eigenvalue weighted by molar-refractivity contribution is 0.0687. The highest BCUT2D eigenvalue weighted by Gasteiger charge is 2.19. The third-order valence-electron chi connectivity index (χ3n) is 2.19. The number of carbonyl (C=O) groups is 1. The Morgan fingerprint density at radius 3 is 2.56 bits per heavy atom. The molecule has 6 heteroatoms. The highest BCUT2D eigenvalue weighted by Crippen LogP contribution is 2.23. The van der Waals surface area contributed by atoms with Crippen LogP contribution in [0.5, 0.6) is 0 Å². The first kappa shape index (κ1) is 10.6. The normalized spacial score (nSPS) is 10.4. The van der Waals surface area contributed by atoms with E-state index in [9.17, 15) is 4.79 Å². The van der Waals surface area contributed by atoms with Crippen LogP contribution >= 0.6 is 11.6 Å². The Morgan fingerprint density at radius 1 is 1.44 bits per heavy atom. The molecule has 1 N–H and O–H groups in total. The van der Waals surface area contributed by atoms with Gasteiger partial charge in [0.2, 0.25) is 0 Å². The van der Waals surface area contributed by atoms with Crippen molar-refractivity contribution in [2.75, 3.05) is 0 Å². The summed E-state index contributed by atoms with van der Waals surface area (Å²) in [5, 5.41) is 8.94. The molecule has 0 fully saturated rings. The third kappa shape index (κ3) is 1.65. The van der Waals surface area contributed by atoms with Crippen molar-refractivity contribution in [3.05, 3.63) is 35.4 Å². The van der Waals surface area contributed by atoms with Crippen LogP contribution in [0.15, 0.2) is 24.5 Å². The van der Waals surface area contributed by atoms with E-state index in [1.54, 1.807) is 31.6 Å². The molecular weight excluding hydrogens is 230 g/mol. The van der Waals surface area contributed by atoms with Crippen LogP contribution in [0.1, 0.15) is 10.5 Å². The lowest BCUT2D eigenvalue weighted by atomic mass is 10.2. The number of rotatable bonds is 2. The van der Waals surface area contributed by atoms with E-state index in [1.807, 2.05) is 0 Å². The monoisotopic (exact) mass is 237 g/mol. The molecule has 0 bridgehead atoms. The average Bonchev–Trinajstić information content (AvgIpc) is 2.55. The maximum atomic E-state index is 10.9. The summed E-state index contributed by atoms with van der Waals surface area (Å²) in [4.78, 5) is 18.8. The number of nitrogens with zero attached hydrogens (tertiary/aromatic N) is 3. The summed E-state index contributed by atoms with van der Waals surface area (Å²) in [6, 6.07) is 3.48. The van der Waals surface area contributed by atoms with E-state index in [0.717, 1.165) is 5.56 Å². The van der Waals surface area contributed by atoms with Gasteiger partial charge in [0.05, 0.1) is 0 Å². The molecule has 0 amide bonds. The van der Waals surface area contributed by atoms with Gasteiger partial charge in [0.1, 0.15) is 5.82 Å². The third-order valence-corrected chi connectivity index (χ3v) is 2.46. The lowest BCUT2D eigenvalue weighted by Gasteiger charge is -2.02. The van der Waals surface area contributed by atoms with Gasteiger partial charge in [0.15, 0.2) is 10.8 Å². The second-order valence-electron chi connectivity index (χ2n) is 3.17. The standard InChI is InChI=1S/C10H8ClN3O2/c1-14-7(10(15)16)8(11)13-9(14)6-2-4-12-5-3-6/h2-5H,1H3,(H,15,16). The van der Waals surface area contributed by atoms with Gasteiger partial charge in [0.25, 0.3) is 0 Å². The van der Waals surface area contributed by atoms with Crippen molar-refractivity contribution in [3.8, 4) is 11.4 Å². The predicted molar refractivity (Wildman–Crippen MR) is 58.4 cm³/mol. The number of carboxylic acids is 1. The molecule has 82 valence electrons. The molecule has 16 heavy (non-hydrogen) atoms. The Morgan fingerprint density at radius 2 is 2.06 bits per heavy atom. The Balaban J connectivity index is 2.61. The summed E-state index contributed by atoms with van der Waals surface area (Å²) in [5.74, 6) is -0.592. The van der Waals surface area contributed by atoms with Crippen molar-refractivity contribution >= 4 is 17.6 Å². The van der Waals surface area contributed by atoms with Gasteiger partial charge >= 0.3 is 5.97 Å². The van der Waals surface area contributed by atoms with Crippen molar-refractivity contribution in [3.63, 3.8) is 0 Å². The van der Waals surface area contributed by atoms with Gasteiger partial charge in [-0.25, -0.2) is 9.78 Å². The molecule has 0 spiro atoms. The number of hydrogen-bond acceptors (Lipinski definition) is 3. The van der Waals surface area contributed by atoms with Gasteiger partial charge in [-0.2, -0.15) is 0 Å². The molecule has 0 atom stereocenters. The Labute approximate surface area is 96.3 Å². The van der Waals surface area contributed by atoms with E-state index < -0.39 is 5.97 Å². The molecule has 0 unspecified atom stereocenters. The van der Waals surface area contributed by atoms with Gasteiger partial charge < -0.3 is 9.67 Å². The number of imidazole rings is 1. The van der Waals surface area contributed by atoms with Crippen LogP contribution in [0, 0.1) is 0 Å². The van der Waals surface area contributed by atoms with Crippen LogP contribution < -0.4 is 0 Å². The average molecular weight is 238 g/mol. The predicted octanol–water partition coefficient (Wildman–Crippen LogP) is 1.83. The fraction of sp³-hybridized carbons (Fsp3) is 0.100. The zero-order valence-electron chi connectivity index (χ0n) is 8.38. The van der Waals surface area contributed by atoms with E-state index in [0.29, 0.717) is 5.82 Å². The molecule has 2 aromatic rings. The van der Waals surface area contributed by atoms with Crippen LogP contribution in [0.2, 0.25) is 5.15 Å². The van der Waals surface area contributed by atoms with Gasteiger partial charge in [0, 0.05) is 25.0 Å². The largest absolute Gasteiger partial charge is 0.476 e. The Kier molecular flexibility index (Phi) is 2.62. The summed E-state index contributed by atoms with van der Waals surface area (Å²) in [6.45, 7) is 0. The first-order valence-electron chi connectivity index (χ1n) is 4.47. The van der Waals surface area contributed by atoms with Crippen LogP contribution in [0.25, 0.3) is 11.4 Å². The molecule has 0 aliphatic rings. The zero-order valence-corrected chi connectivity index (χ0v) is 9.14. The minimum absolute atomic E-state index is 0.0122. The first-order chi connectivity index (χ1) is 7.61. The fourth-order valence-electron chi connectivity index (χ4n) is 1.46. The fourth-order valence-corrected chi connectivity index (χ4v) is 1.74. The topological polar surface area (TPSA) is 68.0 Å². The van der Waals surface area contributed by atoms with E-state index in [1.165, 1.54) is 4.57 Å². The SMILES string of the molecule is Cn1c(-c2ccncc2)nc(Cl)c1C(=O)O. The van der Waals surface area contributed by atoms with Crippen molar-refractivity contribution in [2.24, 2.45) is 7.05 Å². The maximum Gasteiger partial charge on any atom is 0.355 e. The minimum Gasteiger partial charge on any atom is -0.476 e. The lowest BCUT2D eigenvalue weighted by Crippen LogP contribution is -2.05. The molecule has 5 nitrogen and oxygen atoms in total. The Bertz CT molecular complexity index is 536. The molecular formula is C10H8ClN3O2. The van der Waals surface area contributed by atoms with Gasteiger partial charge in [-0.05, 0) is 12.1 Å². The van der Waals surface area contributed by atoms with Gasteiger partial charge in [-0.3, -0.25) is 4.98 Å². The highest BCUT2D eigenvalue weighted by molar-refractivity contribution is 6.32. The molecule has 0 aliphatic heterocycles. The molecule has 0 aliphatic carbocycles. The second-order valence-corrected chi connectivity index (χ2v) is 3.53. The molecule has 2 heterocycles. The second kappa shape index (κ2) is 3.94. The number of aromatic carboxylic acids is 1. The van der Waals surface area contributed by atoms with E-state index in [-0.39, 0.29) is 10.8 Å². The summed E-state index contributed by atoms with van der Waals surface area (Å²) >= 11 is 5.77. The van der Waals surface area contributed by atoms with Gasteiger partial charge in [-0.1, -0.05) is 11.6 Å². The zero-order chi connectivity index (χ0) is 11.7. The summed E-state index contributed by atoms with van der Waals surface area (Å²) in [6.07, 6.45) is 3.22. The molecule has 0 radical (unpaired) electrons. The number of hydrogen-bond donors (Lipinski definition) is 1.